The molecule has 212 valence electrons. The lowest BCUT2D eigenvalue weighted by Gasteiger charge is -2.43. The number of aliphatic hydroxyl groups is 1. The fourth-order valence-electron chi connectivity index (χ4n) is 5.85. The van der Waals surface area contributed by atoms with Gasteiger partial charge < -0.3 is 29.2 Å². The third-order valence-electron chi connectivity index (χ3n) is 7.55. The standard InChI is InChI=1S/C17H35NO3Si.C10H19NO3/c1-13(2)22(14(3)4,15(5)6)21-11-10-18-16(12-19)8-7-9-17(18)20;1-3-13-8(2)14-7-9-5-4-6-10(12)11-9/h13-16,19H,7-12H2,1-6H3;8-9H,3-7H2,1-2H3,(H,11,12)/t16-;8?,9-/m11/s1. The summed E-state index contributed by atoms with van der Waals surface area (Å²) in [4.78, 5) is 25.0. The van der Waals surface area contributed by atoms with Crippen molar-refractivity contribution in [2.75, 3.05) is 33.0 Å². The number of hydrogen-bond acceptors (Lipinski definition) is 6. The van der Waals surface area contributed by atoms with Crippen molar-refractivity contribution < 1.29 is 28.6 Å². The minimum absolute atomic E-state index is 0.0157. The van der Waals surface area contributed by atoms with Crippen LogP contribution >= 0.6 is 0 Å². The van der Waals surface area contributed by atoms with Crippen molar-refractivity contribution in [2.45, 2.75) is 129 Å². The number of amides is 2. The first-order valence-electron chi connectivity index (χ1n) is 14.1. The molecule has 2 saturated heterocycles. The van der Waals surface area contributed by atoms with Gasteiger partial charge in [-0.25, -0.2) is 0 Å². The summed E-state index contributed by atoms with van der Waals surface area (Å²) in [6, 6.07) is 0.150. The van der Waals surface area contributed by atoms with Crippen LogP contribution in [0.1, 0.15) is 93.9 Å². The summed E-state index contributed by atoms with van der Waals surface area (Å²) in [5, 5.41) is 12.4. The molecule has 2 amide bonds. The minimum atomic E-state index is -1.87. The van der Waals surface area contributed by atoms with Gasteiger partial charge in [0.15, 0.2) is 14.6 Å². The van der Waals surface area contributed by atoms with Crippen molar-refractivity contribution in [3.8, 4) is 0 Å². The molecule has 0 aliphatic carbocycles. The monoisotopic (exact) mass is 530 g/mol. The van der Waals surface area contributed by atoms with Gasteiger partial charge in [0.2, 0.25) is 11.8 Å². The number of aliphatic hydroxyl groups excluding tert-OH is 1. The van der Waals surface area contributed by atoms with Crippen LogP contribution in [-0.4, -0.2) is 81.5 Å². The van der Waals surface area contributed by atoms with Crippen LogP contribution in [-0.2, 0) is 23.5 Å². The van der Waals surface area contributed by atoms with Crippen LogP contribution in [0.4, 0.5) is 0 Å². The van der Waals surface area contributed by atoms with Crippen LogP contribution in [0.25, 0.3) is 0 Å². The lowest BCUT2D eigenvalue weighted by molar-refractivity contribution is -0.138. The second kappa shape index (κ2) is 16.8. The van der Waals surface area contributed by atoms with Crippen molar-refractivity contribution in [2.24, 2.45) is 0 Å². The number of nitrogens with zero attached hydrogens (tertiary/aromatic N) is 1. The molecule has 0 aromatic heterocycles. The van der Waals surface area contributed by atoms with Crippen LogP contribution < -0.4 is 5.32 Å². The summed E-state index contributed by atoms with van der Waals surface area (Å²) < 4.78 is 17.2. The molecule has 2 fully saturated rings. The first-order chi connectivity index (χ1) is 17.0. The van der Waals surface area contributed by atoms with Gasteiger partial charge in [0, 0.05) is 26.0 Å². The van der Waals surface area contributed by atoms with E-state index < -0.39 is 8.32 Å². The van der Waals surface area contributed by atoms with E-state index in [1.165, 1.54) is 0 Å². The Morgan fingerprint density at radius 1 is 0.972 bits per heavy atom. The fraction of sp³-hybridized carbons (Fsp3) is 0.926. The molecule has 0 bridgehead atoms. The smallest absolute Gasteiger partial charge is 0.222 e. The van der Waals surface area contributed by atoms with E-state index in [4.69, 9.17) is 13.9 Å². The Bertz CT molecular complexity index is 624. The van der Waals surface area contributed by atoms with Crippen LogP contribution in [0.3, 0.4) is 0 Å². The van der Waals surface area contributed by atoms with E-state index in [-0.39, 0.29) is 36.8 Å². The summed E-state index contributed by atoms with van der Waals surface area (Å²) in [6.45, 7) is 19.9. The van der Waals surface area contributed by atoms with Crippen LogP contribution in [0.2, 0.25) is 16.6 Å². The molecule has 2 aliphatic heterocycles. The summed E-state index contributed by atoms with van der Waals surface area (Å²) in [5.74, 6) is 0.300. The molecule has 2 heterocycles. The molecule has 8 nitrogen and oxygen atoms in total. The van der Waals surface area contributed by atoms with E-state index >= 15 is 0 Å². The second-order valence-electron chi connectivity index (χ2n) is 11.0. The SMILES string of the molecule is CC(C)[Si](OCCN1C(=O)CCC[C@@H]1CO)(C(C)C)C(C)C.CCOC(C)OC[C@H]1CCCC(=O)N1. The number of ether oxygens (including phenoxy) is 2. The second-order valence-corrected chi connectivity index (χ2v) is 16.5. The molecule has 0 aromatic carbocycles. The Kier molecular flexibility index (Phi) is 15.4. The highest BCUT2D eigenvalue weighted by atomic mass is 28.4. The first-order valence-corrected chi connectivity index (χ1v) is 16.2. The number of hydrogen-bond donors (Lipinski definition) is 2. The number of rotatable bonds is 13. The Hall–Kier alpha value is -1.00. The molecule has 0 spiro atoms. The van der Waals surface area contributed by atoms with Crippen molar-refractivity contribution in [3.05, 3.63) is 0 Å². The Balaban J connectivity index is 0.000000397. The van der Waals surface area contributed by atoms with E-state index in [2.05, 4.69) is 46.9 Å². The number of carbonyl (C=O) groups excluding carboxylic acids is 2. The van der Waals surface area contributed by atoms with E-state index in [0.29, 0.717) is 55.8 Å². The third kappa shape index (κ3) is 10.0. The van der Waals surface area contributed by atoms with Gasteiger partial charge >= 0.3 is 0 Å². The summed E-state index contributed by atoms with van der Waals surface area (Å²) in [7, 11) is -1.87. The normalized spacial score (nSPS) is 22.1. The van der Waals surface area contributed by atoms with Crippen molar-refractivity contribution in [3.63, 3.8) is 0 Å². The number of piperidine rings is 2. The molecule has 2 rings (SSSR count). The number of likely N-dealkylation sites (tertiary alicyclic amines) is 1. The average molecular weight is 531 g/mol. The lowest BCUT2D eigenvalue weighted by atomic mass is 10.0. The lowest BCUT2D eigenvalue weighted by Crippen LogP contribution is -2.51. The van der Waals surface area contributed by atoms with Gasteiger partial charge in [0.1, 0.15) is 0 Å². The van der Waals surface area contributed by atoms with E-state index in [0.717, 1.165) is 25.7 Å². The third-order valence-corrected chi connectivity index (χ3v) is 13.7. The molecule has 2 N–H and O–H groups in total. The number of carbonyl (C=O) groups is 2. The molecule has 3 atom stereocenters. The molecule has 36 heavy (non-hydrogen) atoms. The van der Waals surface area contributed by atoms with Gasteiger partial charge in [-0.3, -0.25) is 9.59 Å². The van der Waals surface area contributed by atoms with Crippen molar-refractivity contribution in [1.29, 1.82) is 0 Å². The Labute approximate surface area is 220 Å². The van der Waals surface area contributed by atoms with E-state index in [1.807, 2.05) is 18.7 Å². The predicted molar refractivity (Wildman–Crippen MR) is 146 cm³/mol. The topological polar surface area (TPSA) is 97.3 Å². The van der Waals surface area contributed by atoms with Crippen LogP contribution in [0.5, 0.6) is 0 Å². The molecular formula is C27H54N2O6Si. The van der Waals surface area contributed by atoms with Gasteiger partial charge in [-0.05, 0) is 56.2 Å². The highest BCUT2D eigenvalue weighted by molar-refractivity contribution is 6.77. The molecular weight excluding hydrogens is 476 g/mol. The average Bonchev–Trinajstić information content (AvgIpc) is 2.81. The Morgan fingerprint density at radius 2 is 1.58 bits per heavy atom. The van der Waals surface area contributed by atoms with E-state index in [1.54, 1.807) is 0 Å². The highest BCUT2D eigenvalue weighted by Gasteiger charge is 2.45. The molecule has 0 aromatic rings. The number of nitrogens with one attached hydrogen (secondary N) is 1. The van der Waals surface area contributed by atoms with Gasteiger partial charge in [0.05, 0.1) is 31.9 Å². The van der Waals surface area contributed by atoms with Gasteiger partial charge in [-0.15, -0.1) is 0 Å². The quantitative estimate of drug-likeness (QED) is 0.267. The van der Waals surface area contributed by atoms with Gasteiger partial charge in [-0.2, -0.15) is 0 Å². The molecule has 1 unspecified atom stereocenters. The Morgan fingerprint density at radius 3 is 2.11 bits per heavy atom. The van der Waals surface area contributed by atoms with Crippen LogP contribution in [0, 0.1) is 0 Å². The molecule has 9 heteroatoms. The summed E-state index contributed by atoms with van der Waals surface area (Å²) in [5.41, 5.74) is 1.66. The maximum atomic E-state index is 12.1. The van der Waals surface area contributed by atoms with Gasteiger partial charge in [0.25, 0.3) is 0 Å². The highest BCUT2D eigenvalue weighted by Crippen LogP contribution is 2.42. The van der Waals surface area contributed by atoms with Crippen LogP contribution in [0.15, 0.2) is 0 Å². The molecule has 0 radical (unpaired) electrons. The first kappa shape index (κ1) is 33.0. The molecule has 0 saturated carbocycles. The van der Waals surface area contributed by atoms with Crippen molar-refractivity contribution in [1.82, 2.24) is 10.2 Å². The minimum Gasteiger partial charge on any atom is -0.414 e. The summed E-state index contributed by atoms with van der Waals surface area (Å²) in [6.07, 6.45) is 4.84. The van der Waals surface area contributed by atoms with Crippen molar-refractivity contribution >= 4 is 20.1 Å². The zero-order chi connectivity index (χ0) is 27.3. The van der Waals surface area contributed by atoms with E-state index in [9.17, 15) is 14.7 Å². The maximum Gasteiger partial charge on any atom is 0.222 e. The summed E-state index contributed by atoms with van der Waals surface area (Å²) >= 11 is 0. The maximum absolute atomic E-state index is 12.1. The zero-order valence-electron chi connectivity index (χ0n) is 24.2. The zero-order valence-corrected chi connectivity index (χ0v) is 25.2. The van der Waals surface area contributed by atoms with Gasteiger partial charge in [-0.1, -0.05) is 41.5 Å². The molecule has 2 aliphatic rings. The largest absolute Gasteiger partial charge is 0.414 e. The fourth-order valence-corrected chi connectivity index (χ4v) is 11.3. The predicted octanol–water partition coefficient (Wildman–Crippen LogP) is 4.61.